The second-order valence-electron chi connectivity index (χ2n) is 3.69. The normalized spacial score (nSPS) is 13.9. The number of halogens is 3. The Hall–Kier alpha value is -1.03. The summed E-state index contributed by atoms with van der Waals surface area (Å²) in [5, 5.41) is 0. The van der Waals surface area contributed by atoms with Crippen LogP contribution in [0.2, 0.25) is 0 Å². The van der Waals surface area contributed by atoms with Crippen molar-refractivity contribution < 1.29 is 17.9 Å². The first-order valence-corrected chi connectivity index (χ1v) is 5.12. The van der Waals surface area contributed by atoms with Gasteiger partial charge >= 0.3 is 6.18 Å². The number of benzene rings is 1. The number of alkyl halides is 3. The number of methoxy groups -OCH3 is 1. The Labute approximate surface area is 93.2 Å². The van der Waals surface area contributed by atoms with Gasteiger partial charge in [-0.25, -0.2) is 0 Å². The van der Waals surface area contributed by atoms with Gasteiger partial charge in [0.25, 0.3) is 0 Å². The lowest BCUT2D eigenvalue weighted by molar-refractivity contribution is -0.137. The molecular weight excluding hydrogens is 217 g/mol. The molecule has 0 aromatic heterocycles. The fraction of sp³-hybridized carbons (Fsp3) is 0.500. The lowest BCUT2D eigenvalue weighted by Crippen LogP contribution is -2.08. The Morgan fingerprint density at radius 3 is 2.31 bits per heavy atom. The van der Waals surface area contributed by atoms with Crippen molar-refractivity contribution in [3.63, 3.8) is 0 Å². The van der Waals surface area contributed by atoms with Gasteiger partial charge in [0.15, 0.2) is 0 Å². The fourth-order valence-corrected chi connectivity index (χ4v) is 1.46. The van der Waals surface area contributed by atoms with Gasteiger partial charge in [-0.3, -0.25) is 0 Å². The van der Waals surface area contributed by atoms with Crippen molar-refractivity contribution in [2.45, 2.75) is 32.5 Å². The van der Waals surface area contributed by atoms with Gasteiger partial charge in [-0.1, -0.05) is 13.0 Å². The zero-order chi connectivity index (χ0) is 12.3. The molecular formula is C12H15F3O. The van der Waals surface area contributed by atoms with Crippen LogP contribution in [0.3, 0.4) is 0 Å². The van der Waals surface area contributed by atoms with E-state index in [1.54, 1.807) is 13.0 Å². The molecule has 16 heavy (non-hydrogen) atoms. The summed E-state index contributed by atoms with van der Waals surface area (Å²) < 4.78 is 42.9. The Kier molecular flexibility index (Phi) is 3.97. The van der Waals surface area contributed by atoms with Gasteiger partial charge in [0, 0.05) is 7.11 Å². The van der Waals surface area contributed by atoms with E-state index in [4.69, 9.17) is 4.74 Å². The highest BCUT2D eigenvalue weighted by Gasteiger charge is 2.31. The molecule has 0 bridgehead atoms. The van der Waals surface area contributed by atoms with Gasteiger partial charge in [-0.15, -0.1) is 0 Å². The second kappa shape index (κ2) is 4.87. The highest BCUT2D eigenvalue weighted by atomic mass is 19.4. The van der Waals surface area contributed by atoms with Crippen molar-refractivity contribution in [3.05, 3.63) is 34.9 Å². The first kappa shape index (κ1) is 13.0. The lowest BCUT2D eigenvalue weighted by Gasteiger charge is -2.15. The molecule has 0 N–H and O–H groups in total. The van der Waals surface area contributed by atoms with Gasteiger partial charge in [0.2, 0.25) is 0 Å². The number of aryl methyl sites for hydroxylation is 1. The molecule has 0 heterocycles. The van der Waals surface area contributed by atoms with E-state index >= 15 is 0 Å². The molecule has 0 spiro atoms. The summed E-state index contributed by atoms with van der Waals surface area (Å²) in [4.78, 5) is 0. The van der Waals surface area contributed by atoms with E-state index in [-0.39, 0.29) is 6.10 Å². The number of hydrogen-bond acceptors (Lipinski definition) is 1. The number of hydrogen-bond donors (Lipinski definition) is 0. The molecule has 0 radical (unpaired) electrons. The molecule has 0 aliphatic heterocycles. The molecule has 1 aromatic carbocycles. The predicted octanol–water partition coefficient (Wildman–Crippen LogP) is 3.98. The van der Waals surface area contributed by atoms with E-state index in [1.807, 2.05) is 6.92 Å². The Morgan fingerprint density at radius 2 is 1.88 bits per heavy atom. The first-order chi connectivity index (χ1) is 7.38. The number of rotatable bonds is 3. The SMILES string of the molecule is CCc1cc(C(C)OC)cc(C(F)(F)F)c1. The van der Waals surface area contributed by atoms with Crippen LogP contribution in [0.25, 0.3) is 0 Å². The fourth-order valence-electron chi connectivity index (χ4n) is 1.46. The molecule has 1 rings (SSSR count). The third-order valence-corrected chi connectivity index (χ3v) is 2.57. The summed E-state index contributed by atoms with van der Waals surface area (Å²) in [6, 6.07) is 4.09. The quantitative estimate of drug-likeness (QED) is 0.766. The van der Waals surface area contributed by atoms with Crippen LogP contribution in [0.1, 0.15) is 36.6 Å². The van der Waals surface area contributed by atoms with E-state index in [0.717, 1.165) is 6.07 Å². The molecule has 90 valence electrons. The van der Waals surface area contributed by atoms with Crippen molar-refractivity contribution >= 4 is 0 Å². The molecule has 0 aliphatic carbocycles. The predicted molar refractivity (Wildman–Crippen MR) is 56.2 cm³/mol. The minimum absolute atomic E-state index is 0.326. The summed E-state index contributed by atoms with van der Waals surface area (Å²) in [6.07, 6.45) is -4.05. The maximum absolute atomic E-state index is 12.6. The third-order valence-electron chi connectivity index (χ3n) is 2.57. The van der Waals surface area contributed by atoms with Gasteiger partial charge in [0.1, 0.15) is 0 Å². The third kappa shape index (κ3) is 2.98. The van der Waals surface area contributed by atoms with E-state index in [9.17, 15) is 13.2 Å². The molecule has 0 fully saturated rings. The minimum Gasteiger partial charge on any atom is -0.377 e. The molecule has 1 nitrogen and oxygen atoms in total. The van der Waals surface area contributed by atoms with Crippen LogP contribution < -0.4 is 0 Å². The first-order valence-electron chi connectivity index (χ1n) is 5.12. The van der Waals surface area contributed by atoms with Crippen LogP contribution in [-0.2, 0) is 17.3 Å². The summed E-state index contributed by atoms with van der Waals surface area (Å²) >= 11 is 0. The zero-order valence-electron chi connectivity index (χ0n) is 9.56. The smallest absolute Gasteiger partial charge is 0.377 e. The Balaban J connectivity index is 3.21. The summed E-state index contributed by atoms with van der Waals surface area (Å²) in [5.74, 6) is 0. The van der Waals surface area contributed by atoms with Crippen LogP contribution in [0.4, 0.5) is 13.2 Å². The van der Waals surface area contributed by atoms with Crippen molar-refractivity contribution in [3.8, 4) is 0 Å². The molecule has 1 aromatic rings. The average Bonchev–Trinajstić information content (AvgIpc) is 2.26. The molecule has 0 amide bonds. The highest BCUT2D eigenvalue weighted by molar-refractivity contribution is 5.33. The van der Waals surface area contributed by atoms with Gasteiger partial charge < -0.3 is 4.74 Å². The van der Waals surface area contributed by atoms with Crippen LogP contribution in [0, 0.1) is 0 Å². The summed E-state index contributed by atoms with van der Waals surface area (Å²) in [5.41, 5.74) is 0.633. The molecule has 0 saturated heterocycles. The Morgan fingerprint density at radius 1 is 1.25 bits per heavy atom. The molecule has 1 unspecified atom stereocenters. The van der Waals surface area contributed by atoms with Gasteiger partial charge in [-0.05, 0) is 36.6 Å². The summed E-state index contributed by atoms with van der Waals surface area (Å²) in [6.45, 7) is 3.56. The van der Waals surface area contributed by atoms with E-state index < -0.39 is 11.7 Å². The van der Waals surface area contributed by atoms with Crippen molar-refractivity contribution in [1.82, 2.24) is 0 Å². The van der Waals surface area contributed by atoms with Gasteiger partial charge in [-0.2, -0.15) is 13.2 Å². The Bertz CT molecular complexity index is 358. The van der Waals surface area contributed by atoms with Crippen LogP contribution in [-0.4, -0.2) is 7.11 Å². The highest BCUT2D eigenvalue weighted by Crippen LogP contribution is 2.32. The van der Waals surface area contributed by atoms with Crippen LogP contribution in [0.5, 0.6) is 0 Å². The van der Waals surface area contributed by atoms with E-state index in [1.165, 1.54) is 13.2 Å². The van der Waals surface area contributed by atoms with Gasteiger partial charge in [0.05, 0.1) is 11.7 Å². The van der Waals surface area contributed by atoms with Crippen LogP contribution >= 0.6 is 0 Å². The van der Waals surface area contributed by atoms with E-state index in [2.05, 4.69) is 0 Å². The standard InChI is InChI=1S/C12H15F3O/c1-4-9-5-10(8(2)16-3)7-11(6-9)12(13,14)15/h5-8H,4H2,1-3H3. The van der Waals surface area contributed by atoms with Crippen molar-refractivity contribution in [2.24, 2.45) is 0 Å². The summed E-state index contributed by atoms with van der Waals surface area (Å²) in [7, 11) is 1.48. The molecule has 0 saturated carbocycles. The maximum atomic E-state index is 12.6. The minimum atomic E-state index is -4.30. The van der Waals surface area contributed by atoms with Crippen molar-refractivity contribution in [1.29, 1.82) is 0 Å². The molecule has 4 heteroatoms. The molecule has 1 atom stereocenters. The topological polar surface area (TPSA) is 9.23 Å². The maximum Gasteiger partial charge on any atom is 0.416 e. The zero-order valence-corrected chi connectivity index (χ0v) is 9.56. The average molecular weight is 232 g/mol. The second-order valence-corrected chi connectivity index (χ2v) is 3.69. The van der Waals surface area contributed by atoms with Crippen molar-refractivity contribution in [2.75, 3.05) is 7.11 Å². The largest absolute Gasteiger partial charge is 0.416 e. The number of ether oxygens (including phenoxy) is 1. The lowest BCUT2D eigenvalue weighted by atomic mass is 10.0. The van der Waals surface area contributed by atoms with Crippen LogP contribution in [0.15, 0.2) is 18.2 Å². The monoisotopic (exact) mass is 232 g/mol. The van der Waals surface area contributed by atoms with E-state index in [0.29, 0.717) is 17.5 Å². The molecule has 0 aliphatic rings.